The molecule has 4 nitrogen and oxygen atoms in total. The van der Waals surface area contributed by atoms with E-state index >= 15 is 0 Å². The number of sulfonamides is 1. The van der Waals surface area contributed by atoms with Gasteiger partial charge in [0.1, 0.15) is 0 Å². The van der Waals surface area contributed by atoms with Crippen LogP contribution in [0.4, 0.5) is 13.2 Å². The van der Waals surface area contributed by atoms with E-state index in [9.17, 15) is 21.6 Å². The number of hydrogen-bond acceptors (Lipinski definition) is 3. The van der Waals surface area contributed by atoms with Gasteiger partial charge >= 0.3 is 6.18 Å². The third kappa shape index (κ3) is 3.71. The van der Waals surface area contributed by atoms with Gasteiger partial charge < -0.3 is 4.74 Å². The summed E-state index contributed by atoms with van der Waals surface area (Å²) in [5, 5.41) is 0. The van der Waals surface area contributed by atoms with Crippen LogP contribution in [0.2, 0.25) is 0 Å². The van der Waals surface area contributed by atoms with E-state index in [0.717, 1.165) is 12.1 Å². The summed E-state index contributed by atoms with van der Waals surface area (Å²) >= 11 is 0. The molecule has 0 amide bonds. The van der Waals surface area contributed by atoms with Crippen LogP contribution in [-0.4, -0.2) is 39.0 Å². The summed E-state index contributed by atoms with van der Waals surface area (Å²) in [6.07, 6.45) is -4.47. The minimum atomic E-state index is -4.47. The topological polar surface area (TPSA) is 46.6 Å². The van der Waals surface area contributed by atoms with Crippen LogP contribution in [0, 0.1) is 0 Å². The van der Waals surface area contributed by atoms with Crippen LogP contribution >= 0.6 is 0 Å². The van der Waals surface area contributed by atoms with Crippen molar-refractivity contribution in [2.24, 2.45) is 0 Å². The third-order valence-electron chi connectivity index (χ3n) is 2.97. The molecule has 0 radical (unpaired) electrons. The highest BCUT2D eigenvalue weighted by molar-refractivity contribution is 7.88. The molecule has 1 aromatic carbocycles. The Morgan fingerprint density at radius 3 is 2.45 bits per heavy atom. The van der Waals surface area contributed by atoms with Crippen LogP contribution in [-0.2, 0) is 26.7 Å². The first-order valence-corrected chi connectivity index (χ1v) is 7.62. The summed E-state index contributed by atoms with van der Waals surface area (Å²) < 4.78 is 68.2. The normalized spacial score (nSPS) is 18.1. The first kappa shape index (κ1) is 15.3. The number of nitrogens with zero attached hydrogens (tertiary/aromatic N) is 1. The van der Waals surface area contributed by atoms with Gasteiger partial charge in [-0.1, -0.05) is 18.2 Å². The molecular formula is C12H14F3NO3S. The second kappa shape index (κ2) is 5.71. The van der Waals surface area contributed by atoms with Crippen molar-refractivity contribution < 1.29 is 26.3 Å². The minimum Gasteiger partial charge on any atom is -0.379 e. The number of ether oxygens (including phenoxy) is 1. The van der Waals surface area contributed by atoms with E-state index in [2.05, 4.69) is 0 Å². The molecular weight excluding hydrogens is 295 g/mol. The van der Waals surface area contributed by atoms with E-state index in [0.29, 0.717) is 13.2 Å². The maximum atomic E-state index is 12.6. The smallest absolute Gasteiger partial charge is 0.379 e. The first-order valence-electron chi connectivity index (χ1n) is 6.01. The lowest BCUT2D eigenvalue weighted by Crippen LogP contribution is -2.41. The quantitative estimate of drug-likeness (QED) is 0.856. The molecule has 20 heavy (non-hydrogen) atoms. The molecule has 0 bridgehead atoms. The van der Waals surface area contributed by atoms with E-state index in [1.165, 1.54) is 16.4 Å². The molecule has 0 aliphatic carbocycles. The van der Waals surface area contributed by atoms with E-state index in [-0.39, 0.29) is 18.7 Å². The molecule has 1 aliphatic rings. The van der Waals surface area contributed by atoms with E-state index in [4.69, 9.17) is 4.74 Å². The number of morpholine rings is 1. The van der Waals surface area contributed by atoms with Gasteiger partial charge in [-0.25, -0.2) is 8.42 Å². The standard InChI is InChI=1S/C12H14F3NO3S/c13-12(14,15)11-3-1-2-10(8-11)9-20(17,18)16-4-6-19-7-5-16/h1-3,8H,4-7,9H2. The lowest BCUT2D eigenvalue weighted by Gasteiger charge is -2.26. The summed E-state index contributed by atoms with van der Waals surface area (Å²) in [6.45, 7) is 1.09. The molecule has 8 heteroatoms. The zero-order valence-corrected chi connectivity index (χ0v) is 11.4. The lowest BCUT2D eigenvalue weighted by molar-refractivity contribution is -0.137. The maximum Gasteiger partial charge on any atom is 0.416 e. The van der Waals surface area contributed by atoms with Crippen molar-refractivity contribution in [2.75, 3.05) is 26.3 Å². The largest absolute Gasteiger partial charge is 0.416 e. The maximum absolute atomic E-state index is 12.6. The molecule has 0 atom stereocenters. The van der Waals surface area contributed by atoms with Gasteiger partial charge in [-0.3, -0.25) is 0 Å². The predicted molar refractivity (Wildman–Crippen MR) is 66.5 cm³/mol. The number of hydrogen-bond donors (Lipinski definition) is 0. The summed E-state index contributed by atoms with van der Waals surface area (Å²) in [6, 6.07) is 4.39. The van der Waals surface area contributed by atoms with Gasteiger partial charge in [-0.15, -0.1) is 0 Å². The first-order chi connectivity index (χ1) is 9.29. The van der Waals surface area contributed by atoms with Gasteiger partial charge in [0.25, 0.3) is 0 Å². The molecule has 1 saturated heterocycles. The molecule has 112 valence electrons. The van der Waals surface area contributed by atoms with Crippen LogP contribution in [0.5, 0.6) is 0 Å². The molecule has 1 fully saturated rings. The second-order valence-corrected chi connectivity index (χ2v) is 6.43. The van der Waals surface area contributed by atoms with Gasteiger partial charge in [0, 0.05) is 13.1 Å². The molecule has 0 aromatic heterocycles. The van der Waals surface area contributed by atoms with Crippen LogP contribution < -0.4 is 0 Å². The van der Waals surface area contributed by atoms with E-state index < -0.39 is 27.5 Å². The Morgan fingerprint density at radius 1 is 1.20 bits per heavy atom. The predicted octanol–water partition coefficient (Wildman–Crippen LogP) is 1.87. The SMILES string of the molecule is O=S(=O)(Cc1cccc(C(F)(F)F)c1)N1CCOCC1. The van der Waals surface area contributed by atoms with Gasteiger partial charge in [0.2, 0.25) is 10.0 Å². The van der Waals surface area contributed by atoms with Crippen molar-refractivity contribution in [3.63, 3.8) is 0 Å². The minimum absolute atomic E-state index is 0.131. The van der Waals surface area contributed by atoms with Gasteiger partial charge in [0.15, 0.2) is 0 Å². The van der Waals surface area contributed by atoms with Crippen LogP contribution in [0.1, 0.15) is 11.1 Å². The third-order valence-corrected chi connectivity index (χ3v) is 4.82. The lowest BCUT2D eigenvalue weighted by atomic mass is 10.1. The zero-order chi connectivity index (χ0) is 14.8. The van der Waals surface area contributed by atoms with Gasteiger partial charge in [0.05, 0.1) is 24.5 Å². The number of alkyl halides is 3. The van der Waals surface area contributed by atoms with Gasteiger partial charge in [-0.05, 0) is 11.6 Å². The fourth-order valence-corrected chi connectivity index (χ4v) is 3.45. The Morgan fingerprint density at radius 2 is 1.85 bits per heavy atom. The summed E-state index contributed by atoms with van der Waals surface area (Å²) in [4.78, 5) is 0. The number of halogens is 3. The van der Waals surface area contributed by atoms with E-state index in [1.54, 1.807) is 0 Å². The molecule has 0 N–H and O–H groups in total. The average Bonchev–Trinajstić information content (AvgIpc) is 2.38. The van der Waals surface area contributed by atoms with Crippen molar-refractivity contribution in [1.29, 1.82) is 0 Å². The molecule has 1 heterocycles. The Labute approximate surface area is 115 Å². The summed E-state index contributed by atoms with van der Waals surface area (Å²) in [5.41, 5.74) is -0.710. The fourth-order valence-electron chi connectivity index (χ4n) is 1.96. The van der Waals surface area contributed by atoms with Crippen molar-refractivity contribution in [3.05, 3.63) is 35.4 Å². The molecule has 2 rings (SSSR count). The molecule has 1 aromatic rings. The summed E-state index contributed by atoms with van der Waals surface area (Å²) in [5.74, 6) is -0.434. The van der Waals surface area contributed by atoms with E-state index in [1.807, 2.05) is 0 Å². The zero-order valence-electron chi connectivity index (χ0n) is 10.6. The fraction of sp³-hybridized carbons (Fsp3) is 0.500. The number of benzene rings is 1. The van der Waals surface area contributed by atoms with Crippen LogP contribution in [0.15, 0.2) is 24.3 Å². The molecule has 0 unspecified atom stereocenters. The highest BCUT2D eigenvalue weighted by Crippen LogP contribution is 2.30. The van der Waals surface area contributed by atoms with Gasteiger partial charge in [-0.2, -0.15) is 17.5 Å². The Kier molecular flexibility index (Phi) is 4.36. The molecule has 0 saturated carbocycles. The summed E-state index contributed by atoms with van der Waals surface area (Å²) in [7, 11) is -3.61. The highest BCUT2D eigenvalue weighted by Gasteiger charge is 2.31. The van der Waals surface area contributed by atoms with Crippen molar-refractivity contribution >= 4 is 10.0 Å². The Hall–Kier alpha value is -1.12. The molecule has 1 aliphatic heterocycles. The Balaban J connectivity index is 2.17. The van der Waals surface area contributed by atoms with Crippen LogP contribution in [0.25, 0.3) is 0 Å². The monoisotopic (exact) mass is 309 g/mol. The number of rotatable bonds is 3. The van der Waals surface area contributed by atoms with Crippen molar-refractivity contribution in [1.82, 2.24) is 4.31 Å². The average molecular weight is 309 g/mol. The molecule has 0 spiro atoms. The van der Waals surface area contributed by atoms with Crippen molar-refractivity contribution in [2.45, 2.75) is 11.9 Å². The van der Waals surface area contributed by atoms with Crippen molar-refractivity contribution in [3.8, 4) is 0 Å². The Bertz CT molecular complexity index is 566. The van der Waals surface area contributed by atoms with Crippen LogP contribution in [0.3, 0.4) is 0 Å². The second-order valence-electron chi connectivity index (χ2n) is 4.47. The highest BCUT2D eigenvalue weighted by atomic mass is 32.2.